The topological polar surface area (TPSA) is 119 Å². The molecular weight excluding hydrogens is 294 g/mol. The molecule has 23 heavy (non-hydrogen) atoms. The van der Waals surface area contributed by atoms with E-state index in [9.17, 15) is 4.79 Å². The molecule has 8 heteroatoms. The minimum Gasteiger partial charge on any atom is -0.360 e. The maximum Gasteiger partial charge on any atom is 0.225 e. The second-order valence-electron chi connectivity index (χ2n) is 5.92. The molecule has 0 radical (unpaired) electrons. The number of fused-ring (bicyclic) bond motifs is 1. The number of carbonyl (C=O) groups is 1. The van der Waals surface area contributed by atoms with E-state index in [0.717, 1.165) is 16.9 Å². The summed E-state index contributed by atoms with van der Waals surface area (Å²) in [5, 5.41) is 28.3. The number of tetrazole rings is 1. The van der Waals surface area contributed by atoms with Gasteiger partial charge in [0.15, 0.2) is 0 Å². The number of benzene rings is 1. The molecule has 0 spiro atoms. The van der Waals surface area contributed by atoms with Crippen LogP contribution in [-0.2, 0) is 10.2 Å². The lowest BCUT2D eigenvalue weighted by Gasteiger charge is -2.32. The highest BCUT2D eigenvalue weighted by Crippen LogP contribution is 2.38. The van der Waals surface area contributed by atoms with Gasteiger partial charge in [0.2, 0.25) is 11.7 Å². The van der Waals surface area contributed by atoms with Crippen LogP contribution in [0.4, 0.5) is 11.4 Å². The maximum absolute atomic E-state index is 11.8. The summed E-state index contributed by atoms with van der Waals surface area (Å²) < 4.78 is 0. The molecule has 1 aliphatic rings. The molecule has 2 aromatic rings. The quantitative estimate of drug-likeness (QED) is 0.744. The minimum absolute atomic E-state index is 0.000275. The number of nitriles is 1. The van der Waals surface area contributed by atoms with Gasteiger partial charge < -0.3 is 10.6 Å². The van der Waals surface area contributed by atoms with E-state index in [0.29, 0.717) is 6.42 Å². The number of rotatable bonds is 3. The Labute approximate surface area is 132 Å². The van der Waals surface area contributed by atoms with Crippen molar-refractivity contribution < 1.29 is 4.79 Å². The number of H-pyrrole nitrogens is 1. The number of nitrogens with zero attached hydrogens (tertiary/aromatic N) is 4. The van der Waals surface area contributed by atoms with E-state index in [4.69, 9.17) is 5.26 Å². The van der Waals surface area contributed by atoms with E-state index in [-0.39, 0.29) is 22.7 Å². The zero-order valence-corrected chi connectivity index (χ0v) is 12.7. The number of nitrogens with one attached hydrogen (secondary N) is 3. The Kier molecular flexibility index (Phi) is 3.54. The molecule has 3 rings (SSSR count). The Morgan fingerprint density at radius 3 is 3.00 bits per heavy atom. The summed E-state index contributed by atoms with van der Waals surface area (Å²) in [7, 11) is 0. The first-order chi connectivity index (χ1) is 11.0. The van der Waals surface area contributed by atoms with Gasteiger partial charge in [-0.1, -0.05) is 19.9 Å². The SMILES string of the molecule is CC1(C)CC(=O)Nc2cc(NC=C(C#N)c3nn[nH]n3)ccc21. The van der Waals surface area contributed by atoms with Crippen molar-refractivity contribution in [2.45, 2.75) is 25.7 Å². The van der Waals surface area contributed by atoms with Crippen LogP contribution in [0.25, 0.3) is 5.57 Å². The van der Waals surface area contributed by atoms with Crippen LogP contribution in [0.15, 0.2) is 24.4 Å². The molecule has 0 aliphatic carbocycles. The van der Waals surface area contributed by atoms with Crippen LogP contribution in [-0.4, -0.2) is 26.5 Å². The Hall–Kier alpha value is -3.21. The van der Waals surface area contributed by atoms with Crippen molar-refractivity contribution in [3.63, 3.8) is 0 Å². The number of amides is 1. The fourth-order valence-corrected chi connectivity index (χ4v) is 2.60. The average molecular weight is 309 g/mol. The normalized spacial score (nSPS) is 16.2. The molecular formula is C15H15N7O. The number of aromatic amines is 1. The molecule has 1 amide bonds. The number of allylic oxidation sites excluding steroid dienone is 1. The van der Waals surface area contributed by atoms with Crippen LogP contribution < -0.4 is 10.6 Å². The lowest BCUT2D eigenvalue weighted by atomic mass is 9.78. The summed E-state index contributed by atoms with van der Waals surface area (Å²) >= 11 is 0. The zero-order chi connectivity index (χ0) is 16.4. The Morgan fingerprint density at radius 1 is 1.48 bits per heavy atom. The molecule has 3 N–H and O–H groups in total. The van der Waals surface area contributed by atoms with E-state index in [1.54, 1.807) is 0 Å². The maximum atomic E-state index is 11.8. The lowest BCUT2D eigenvalue weighted by molar-refractivity contribution is -0.117. The number of hydrogen-bond donors (Lipinski definition) is 3. The van der Waals surface area contributed by atoms with Crippen molar-refractivity contribution in [1.82, 2.24) is 20.6 Å². The lowest BCUT2D eigenvalue weighted by Crippen LogP contribution is -2.32. The smallest absolute Gasteiger partial charge is 0.225 e. The van der Waals surface area contributed by atoms with Crippen LogP contribution >= 0.6 is 0 Å². The van der Waals surface area contributed by atoms with Crippen molar-refractivity contribution in [2.75, 3.05) is 10.6 Å². The van der Waals surface area contributed by atoms with Crippen LogP contribution in [0.5, 0.6) is 0 Å². The first kappa shape index (κ1) is 14.7. The molecule has 0 saturated heterocycles. The molecule has 1 aromatic carbocycles. The number of hydrogen-bond acceptors (Lipinski definition) is 6. The van der Waals surface area contributed by atoms with Crippen molar-refractivity contribution in [3.05, 3.63) is 35.8 Å². The molecule has 0 atom stereocenters. The van der Waals surface area contributed by atoms with Gasteiger partial charge in [-0.3, -0.25) is 4.79 Å². The Bertz CT molecular complexity index is 815. The van der Waals surface area contributed by atoms with E-state index < -0.39 is 0 Å². The second kappa shape index (κ2) is 5.53. The van der Waals surface area contributed by atoms with E-state index in [2.05, 4.69) is 31.3 Å². The molecule has 8 nitrogen and oxygen atoms in total. The molecule has 0 fully saturated rings. The van der Waals surface area contributed by atoms with Crippen LogP contribution in [0, 0.1) is 11.3 Å². The van der Waals surface area contributed by atoms with Crippen molar-refractivity contribution in [3.8, 4) is 6.07 Å². The monoisotopic (exact) mass is 309 g/mol. The second-order valence-corrected chi connectivity index (χ2v) is 5.92. The Balaban J connectivity index is 1.87. The molecule has 1 aliphatic heterocycles. The summed E-state index contributed by atoms with van der Waals surface area (Å²) in [6, 6.07) is 7.72. The third-order valence-corrected chi connectivity index (χ3v) is 3.72. The molecule has 0 saturated carbocycles. The van der Waals surface area contributed by atoms with Gasteiger partial charge in [-0.15, -0.1) is 10.2 Å². The van der Waals surface area contributed by atoms with Gasteiger partial charge >= 0.3 is 0 Å². The predicted octanol–water partition coefficient (Wildman–Crippen LogP) is 1.80. The highest BCUT2D eigenvalue weighted by molar-refractivity contribution is 5.96. The van der Waals surface area contributed by atoms with Crippen molar-refractivity contribution in [2.24, 2.45) is 0 Å². The highest BCUT2D eigenvalue weighted by atomic mass is 16.1. The third-order valence-electron chi connectivity index (χ3n) is 3.72. The van der Waals surface area contributed by atoms with Gasteiger partial charge in [0.05, 0.1) is 0 Å². The van der Waals surface area contributed by atoms with E-state index in [1.165, 1.54) is 6.20 Å². The summed E-state index contributed by atoms with van der Waals surface area (Å²) in [5.41, 5.74) is 2.67. The van der Waals surface area contributed by atoms with Gasteiger partial charge in [-0.05, 0) is 22.9 Å². The predicted molar refractivity (Wildman–Crippen MR) is 84.1 cm³/mol. The van der Waals surface area contributed by atoms with Gasteiger partial charge in [-0.2, -0.15) is 10.5 Å². The number of aromatic nitrogens is 4. The Morgan fingerprint density at radius 2 is 2.30 bits per heavy atom. The van der Waals surface area contributed by atoms with Gasteiger partial charge in [0.1, 0.15) is 11.6 Å². The third kappa shape index (κ3) is 2.89. The highest BCUT2D eigenvalue weighted by Gasteiger charge is 2.31. The number of anilines is 2. The summed E-state index contributed by atoms with van der Waals surface area (Å²) in [4.78, 5) is 11.8. The van der Waals surface area contributed by atoms with Gasteiger partial charge in [0, 0.05) is 29.4 Å². The van der Waals surface area contributed by atoms with Crippen LogP contribution in [0.1, 0.15) is 31.7 Å². The average Bonchev–Trinajstić information content (AvgIpc) is 3.00. The molecule has 2 heterocycles. The van der Waals surface area contributed by atoms with Gasteiger partial charge in [-0.25, -0.2) is 0 Å². The van der Waals surface area contributed by atoms with E-state index in [1.807, 2.05) is 38.1 Å². The van der Waals surface area contributed by atoms with Gasteiger partial charge in [0.25, 0.3) is 0 Å². The van der Waals surface area contributed by atoms with Crippen molar-refractivity contribution >= 4 is 22.9 Å². The minimum atomic E-state index is -0.200. The molecule has 116 valence electrons. The first-order valence-electron chi connectivity index (χ1n) is 7.04. The standard InChI is InChI=1S/C15H15N7O/c1-15(2)6-13(23)18-12-5-10(3-4-11(12)15)17-8-9(7-16)14-19-21-22-20-14/h3-5,8,17H,6H2,1-2H3,(H,18,23)(H,19,20,21,22). The van der Waals surface area contributed by atoms with Crippen LogP contribution in [0.2, 0.25) is 0 Å². The zero-order valence-electron chi connectivity index (χ0n) is 12.7. The summed E-state index contributed by atoms with van der Waals surface area (Å²) in [6.07, 6.45) is 1.96. The fourth-order valence-electron chi connectivity index (χ4n) is 2.60. The number of carbonyl (C=O) groups excluding carboxylic acids is 1. The van der Waals surface area contributed by atoms with Crippen LogP contribution in [0.3, 0.4) is 0 Å². The van der Waals surface area contributed by atoms with E-state index >= 15 is 0 Å². The molecule has 0 unspecified atom stereocenters. The summed E-state index contributed by atoms with van der Waals surface area (Å²) in [6.45, 7) is 4.09. The molecule has 1 aromatic heterocycles. The first-order valence-corrected chi connectivity index (χ1v) is 7.04. The summed E-state index contributed by atoms with van der Waals surface area (Å²) in [5.74, 6) is 0.215. The largest absolute Gasteiger partial charge is 0.360 e. The fraction of sp³-hybridized carbons (Fsp3) is 0.267. The van der Waals surface area contributed by atoms with Crippen molar-refractivity contribution in [1.29, 1.82) is 5.26 Å². The molecule has 0 bridgehead atoms.